The van der Waals surface area contributed by atoms with Crippen LogP contribution in [0.25, 0.3) is 0 Å². The molecule has 1 atom stereocenters. The Bertz CT molecular complexity index is 356. The van der Waals surface area contributed by atoms with Crippen LogP contribution in [-0.4, -0.2) is 37.0 Å². The van der Waals surface area contributed by atoms with Crippen molar-refractivity contribution in [3.8, 4) is 0 Å². The number of hydrogen-bond donors (Lipinski definition) is 2. The summed E-state index contributed by atoms with van der Waals surface area (Å²) in [5.74, 6) is -1.04. The molecule has 128 valence electrons. The lowest BCUT2D eigenvalue weighted by Gasteiger charge is -2.18. The summed E-state index contributed by atoms with van der Waals surface area (Å²) in [4.78, 5) is 35.3. The molecule has 6 heteroatoms. The van der Waals surface area contributed by atoms with Gasteiger partial charge in [-0.1, -0.05) is 33.6 Å². The first kappa shape index (κ1) is 20.4. The standard InChI is InChI=1S/C16H30N2O4/c1-5-7-8-11-17-14(19)10-9-13(16(21)22-6-2)18-15(20)12(3)4/h12-13H,5-11H2,1-4H3,(H,17,19)(H,18,20). The molecule has 0 spiro atoms. The highest BCUT2D eigenvalue weighted by Crippen LogP contribution is 2.03. The molecule has 0 radical (unpaired) electrons. The molecule has 0 heterocycles. The summed E-state index contributed by atoms with van der Waals surface area (Å²) < 4.78 is 4.94. The van der Waals surface area contributed by atoms with Crippen LogP contribution in [0.3, 0.4) is 0 Å². The number of carbonyl (C=O) groups is 3. The minimum Gasteiger partial charge on any atom is -0.464 e. The van der Waals surface area contributed by atoms with E-state index >= 15 is 0 Å². The monoisotopic (exact) mass is 314 g/mol. The number of nitrogens with one attached hydrogen (secondary N) is 2. The molecule has 0 aromatic carbocycles. The van der Waals surface area contributed by atoms with E-state index in [0.717, 1.165) is 19.3 Å². The van der Waals surface area contributed by atoms with Crippen LogP contribution in [0.1, 0.15) is 59.8 Å². The molecule has 0 saturated heterocycles. The maximum absolute atomic E-state index is 11.8. The highest BCUT2D eigenvalue weighted by molar-refractivity contribution is 5.86. The van der Waals surface area contributed by atoms with E-state index in [1.165, 1.54) is 0 Å². The van der Waals surface area contributed by atoms with Crippen molar-refractivity contribution in [2.75, 3.05) is 13.2 Å². The lowest BCUT2D eigenvalue weighted by molar-refractivity contribution is -0.148. The Morgan fingerprint density at radius 1 is 1.09 bits per heavy atom. The second kappa shape index (κ2) is 12.0. The number of esters is 1. The average molecular weight is 314 g/mol. The van der Waals surface area contributed by atoms with E-state index in [1.807, 2.05) is 0 Å². The minimum absolute atomic E-state index is 0.107. The Kier molecular flexibility index (Phi) is 11.1. The Morgan fingerprint density at radius 3 is 2.32 bits per heavy atom. The Hall–Kier alpha value is -1.59. The van der Waals surface area contributed by atoms with E-state index < -0.39 is 12.0 Å². The van der Waals surface area contributed by atoms with Gasteiger partial charge in [-0.25, -0.2) is 4.79 Å². The first-order valence-electron chi connectivity index (χ1n) is 8.16. The fourth-order valence-corrected chi connectivity index (χ4v) is 1.80. The predicted molar refractivity (Wildman–Crippen MR) is 85.2 cm³/mol. The smallest absolute Gasteiger partial charge is 0.328 e. The third kappa shape index (κ3) is 9.37. The van der Waals surface area contributed by atoms with Gasteiger partial charge in [0.1, 0.15) is 6.04 Å². The second-order valence-corrected chi connectivity index (χ2v) is 5.56. The lowest BCUT2D eigenvalue weighted by Crippen LogP contribution is -2.44. The number of ether oxygens (including phenoxy) is 1. The summed E-state index contributed by atoms with van der Waals surface area (Å²) in [6, 6.07) is -0.767. The first-order chi connectivity index (χ1) is 10.4. The van der Waals surface area contributed by atoms with Crippen molar-refractivity contribution in [2.45, 2.75) is 65.8 Å². The maximum Gasteiger partial charge on any atom is 0.328 e. The molecule has 0 rings (SSSR count). The van der Waals surface area contributed by atoms with Crippen LogP contribution < -0.4 is 10.6 Å². The van der Waals surface area contributed by atoms with Gasteiger partial charge in [-0.2, -0.15) is 0 Å². The van der Waals surface area contributed by atoms with E-state index in [-0.39, 0.29) is 37.2 Å². The molecular formula is C16H30N2O4. The number of carbonyl (C=O) groups excluding carboxylic acids is 3. The molecule has 2 N–H and O–H groups in total. The zero-order valence-corrected chi connectivity index (χ0v) is 14.2. The SMILES string of the molecule is CCCCCNC(=O)CCC(NC(=O)C(C)C)C(=O)OCC. The highest BCUT2D eigenvalue weighted by Gasteiger charge is 2.23. The topological polar surface area (TPSA) is 84.5 Å². The van der Waals surface area contributed by atoms with E-state index in [1.54, 1.807) is 20.8 Å². The van der Waals surface area contributed by atoms with Crippen molar-refractivity contribution >= 4 is 17.8 Å². The molecule has 0 aliphatic heterocycles. The second-order valence-electron chi connectivity index (χ2n) is 5.56. The molecule has 0 aromatic rings. The average Bonchev–Trinajstić information content (AvgIpc) is 2.47. The molecule has 22 heavy (non-hydrogen) atoms. The summed E-state index contributed by atoms with van der Waals surface area (Å²) in [6.45, 7) is 8.20. The first-order valence-corrected chi connectivity index (χ1v) is 8.16. The summed E-state index contributed by atoms with van der Waals surface area (Å²) >= 11 is 0. The molecule has 0 aliphatic rings. The van der Waals surface area contributed by atoms with Crippen LogP contribution in [0.2, 0.25) is 0 Å². The van der Waals surface area contributed by atoms with Gasteiger partial charge in [-0.15, -0.1) is 0 Å². The van der Waals surface area contributed by atoms with Crippen LogP contribution in [0, 0.1) is 5.92 Å². The van der Waals surface area contributed by atoms with Crippen molar-refractivity contribution in [3.63, 3.8) is 0 Å². The summed E-state index contributed by atoms with van der Waals surface area (Å²) in [5, 5.41) is 5.46. The van der Waals surface area contributed by atoms with Gasteiger partial charge in [0.15, 0.2) is 0 Å². The van der Waals surface area contributed by atoms with E-state index in [9.17, 15) is 14.4 Å². The molecule has 0 aromatic heterocycles. The lowest BCUT2D eigenvalue weighted by atomic mass is 10.1. The number of hydrogen-bond acceptors (Lipinski definition) is 4. The normalized spacial score (nSPS) is 11.9. The number of amides is 2. The molecule has 2 amide bonds. The molecule has 0 aliphatic carbocycles. The fourth-order valence-electron chi connectivity index (χ4n) is 1.80. The van der Waals surface area contributed by atoms with Crippen molar-refractivity contribution in [1.29, 1.82) is 0 Å². The van der Waals surface area contributed by atoms with E-state index in [0.29, 0.717) is 6.54 Å². The van der Waals surface area contributed by atoms with E-state index in [4.69, 9.17) is 4.74 Å². The third-order valence-electron chi connectivity index (χ3n) is 3.17. The van der Waals surface area contributed by atoms with Crippen LogP contribution in [-0.2, 0) is 19.1 Å². The van der Waals surface area contributed by atoms with Gasteiger partial charge >= 0.3 is 5.97 Å². The summed E-state index contributed by atoms with van der Waals surface area (Å²) in [6.07, 6.45) is 3.57. The molecular weight excluding hydrogens is 284 g/mol. The predicted octanol–water partition coefficient (Wildman–Crippen LogP) is 1.78. The fraction of sp³-hybridized carbons (Fsp3) is 0.812. The van der Waals surface area contributed by atoms with Gasteiger partial charge in [0.2, 0.25) is 11.8 Å². The van der Waals surface area contributed by atoms with Crippen LogP contribution >= 0.6 is 0 Å². The van der Waals surface area contributed by atoms with Crippen LogP contribution in [0.15, 0.2) is 0 Å². The van der Waals surface area contributed by atoms with Gasteiger partial charge in [-0.05, 0) is 19.8 Å². The Morgan fingerprint density at radius 2 is 1.77 bits per heavy atom. The van der Waals surface area contributed by atoms with Gasteiger partial charge in [0.05, 0.1) is 6.61 Å². The molecule has 0 bridgehead atoms. The van der Waals surface area contributed by atoms with Crippen molar-refractivity contribution < 1.29 is 19.1 Å². The molecule has 6 nitrogen and oxygen atoms in total. The van der Waals surface area contributed by atoms with Crippen molar-refractivity contribution in [1.82, 2.24) is 10.6 Å². The van der Waals surface area contributed by atoms with Crippen LogP contribution in [0.4, 0.5) is 0 Å². The van der Waals surface area contributed by atoms with Gasteiger partial charge < -0.3 is 15.4 Å². The maximum atomic E-state index is 11.8. The minimum atomic E-state index is -0.767. The zero-order valence-electron chi connectivity index (χ0n) is 14.2. The molecule has 0 fully saturated rings. The number of unbranched alkanes of at least 4 members (excludes halogenated alkanes) is 2. The number of rotatable bonds is 11. The van der Waals surface area contributed by atoms with Gasteiger partial charge in [0.25, 0.3) is 0 Å². The molecule has 1 unspecified atom stereocenters. The van der Waals surface area contributed by atoms with Gasteiger partial charge in [0, 0.05) is 18.9 Å². The quantitative estimate of drug-likeness (QED) is 0.450. The van der Waals surface area contributed by atoms with Crippen molar-refractivity contribution in [2.24, 2.45) is 5.92 Å². The largest absolute Gasteiger partial charge is 0.464 e. The highest BCUT2D eigenvalue weighted by atomic mass is 16.5. The Labute approximate surface area is 133 Å². The zero-order chi connectivity index (χ0) is 17.0. The van der Waals surface area contributed by atoms with Gasteiger partial charge in [-0.3, -0.25) is 9.59 Å². The summed E-state index contributed by atoms with van der Waals surface area (Å²) in [5.41, 5.74) is 0. The van der Waals surface area contributed by atoms with Crippen molar-refractivity contribution in [3.05, 3.63) is 0 Å². The Balaban J connectivity index is 4.30. The van der Waals surface area contributed by atoms with E-state index in [2.05, 4.69) is 17.6 Å². The third-order valence-corrected chi connectivity index (χ3v) is 3.17. The van der Waals surface area contributed by atoms with Crippen LogP contribution in [0.5, 0.6) is 0 Å². The molecule has 0 saturated carbocycles. The summed E-state index contributed by atoms with van der Waals surface area (Å²) in [7, 11) is 0.